The fourth-order valence-corrected chi connectivity index (χ4v) is 3.61. The number of nitrogens with zero attached hydrogens (tertiary/aromatic N) is 5. The van der Waals surface area contributed by atoms with Crippen LogP contribution in [0.25, 0.3) is 22.1 Å². The Bertz CT molecular complexity index is 1030. The minimum Gasteiger partial charge on any atom is -0.497 e. The number of methoxy groups -OCH3 is 1. The largest absolute Gasteiger partial charge is 0.497 e. The summed E-state index contributed by atoms with van der Waals surface area (Å²) < 4.78 is 12.5. The average Bonchev–Trinajstić information content (AvgIpc) is 3.41. The Morgan fingerprint density at radius 3 is 2.88 bits per heavy atom. The third-order valence-corrected chi connectivity index (χ3v) is 5.22. The molecule has 0 aliphatic heterocycles. The van der Waals surface area contributed by atoms with Crippen LogP contribution in [0, 0.1) is 0 Å². The molecule has 1 aromatic carbocycles. The number of aromatic nitrogens is 5. The predicted molar refractivity (Wildman–Crippen MR) is 101 cm³/mol. The summed E-state index contributed by atoms with van der Waals surface area (Å²) in [5, 5.41) is 14.1. The van der Waals surface area contributed by atoms with Crippen LogP contribution in [0.3, 0.4) is 0 Å². The van der Waals surface area contributed by atoms with E-state index in [1.807, 2.05) is 53.4 Å². The predicted octanol–water partition coefficient (Wildman–Crippen LogP) is 3.62. The van der Waals surface area contributed by atoms with Crippen LogP contribution in [0.1, 0.15) is 17.0 Å². The summed E-state index contributed by atoms with van der Waals surface area (Å²) in [6, 6.07) is 11.4. The first-order chi connectivity index (χ1) is 12.7. The molecular weight excluding hydrogens is 370 g/mol. The zero-order valence-electron chi connectivity index (χ0n) is 14.0. The van der Waals surface area contributed by atoms with Crippen molar-refractivity contribution in [2.24, 2.45) is 7.05 Å². The molecule has 0 saturated carbocycles. The van der Waals surface area contributed by atoms with Crippen molar-refractivity contribution in [2.45, 2.75) is 5.25 Å². The molecule has 0 saturated heterocycles. The maximum atomic E-state index is 5.41. The second-order valence-corrected chi connectivity index (χ2v) is 6.97. The molecule has 0 fully saturated rings. The van der Waals surface area contributed by atoms with Gasteiger partial charge < -0.3 is 13.8 Å². The van der Waals surface area contributed by atoms with E-state index in [2.05, 4.69) is 33.0 Å². The fourth-order valence-electron chi connectivity index (χ4n) is 2.54. The van der Waals surface area contributed by atoms with Gasteiger partial charge in [0.2, 0.25) is 11.7 Å². The molecule has 0 aliphatic rings. The van der Waals surface area contributed by atoms with Gasteiger partial charge in [-0.15, -0.1) is 21.5 Å². The van der Waals surface area contributed by atoms with Crippen molar-refractivity contribution in [2.75, 3.05) is 7.11 Å². The molecule has 0 bridgehead atoms. The number of hydrogen-bond acceptors (Lipinski definition) is 8. The molecule has 0 radical (unpaired) electrons. The van der Waals surface area contributed by atoms with E-state index in [1.54, 1.807) is 18.4 Å². The van der Waals surface area contributed by atoms with Gasteiger partial charge in [0.15, 0.2) is 11.6 Å². The monoisotopic (exact) mass is 385 g/mol. The molecule has 1 atom stereocenters. The number of hydrogen-bond donors (Lipinski definition) is 1. The van der Waals surface area contributed by atoms with Gasteiger partial charge in [0.25, 0.3) is 0 Å². The quantitative estimate of drug-likeness (QED) is 0.529. The Labute approximate surface area is 159 Å². The van der Waals surface area contributed by atoms with Gasteiger partial charge in [-0.05, 0) is 23.6 Å². The minimum atomic E-state index is -0.479. The summed E-state index contributed by atoms with van der Waals surface area (Å²) in [6.45, 7) is 0. The Morgan fingerprint density at radius 1 is 1.23 bits per heavy atom. The number of rotatable bonds is 5. The van der Waals surface area contributed by atoms with E-state index < -0.39 is 5.25 Å². The lowest BCUT2D eigenvalue weighted by Gasteiger charge is -2.06. The summed E-state index contributed by atoms with van der Waals surface area (Å²) in [6.07, 6.45) is 0. The van der Waals surface area contributed by atoms with Crippen molar-refractivity contribution < 1.29 is 9.26 Å². The third-order valence-electron chi connectivity index (χ3n) is 3.90. The Balaban J connectivity index is 1.64. The number of ether oxygens (including phenoxy) is 1. The molecule has 0 spiro atoms. The lowest BCUT2D eigenvalue weighted by Crippen LogP contribution is -2.04. The Morgan fingerprint density at radius 2 is 2.12 bits per heavy atom. The SMILES string of the molecule is COc1cccc(-c2noc(C(S)c3nnc(-c4cccs4)n3C)n2)c1. The molecule has 0 amide bonds. The van der Waals surface area contributed by atoms with Gasteiger partial charge in [-0.3, -0.25) is 0 Å². The average molecular weight is 385 g/mol. The summed E-state index contributed by atoms with van der Waals surface area (Å²) in [4.78, 5) is 5.49. The molecule has 3 aromatic heterocycles. The topological polar surface area (TPSA) is 78.9 Å². The van der Waals surface area contributed by atoms with Crippen LogP contribution in [0.4, 0.5) is 0 Å². The number of thiophene rings is 1. The van der Waals surface area contributed by atoms with Crippen LogP contribution in [0.2, 0.25) is 0 Å². The van der Waals surface area contributed by atoms with Crippen LogP contribution in [0.15, 0.2) is 46.3 Å². The number of benzene rings is 1. The normalized spacial score (nSPS) is 12.3. The zero-order valence-corrected chi connectivity index (χ0v) is 15.7. The molecule has 0 aliphatic carbocycles. The van der Waals surface area contributed by atoms with Crippen molar-refractivity contribution in [3.8, 4) is 27.8 Å². The van der Waals surface area contributed by atoms with Gasteiger partial charge >= 0.3 is 0 Å². The highest BCUT2D eigenvalue weighted by atomic mass is 32.1. The highest BCUT2D eigenvalue weighted by Crippen LogP contribution is 2.31. The minimum absolute atomic E-state index is 0.361. The van der Waals surface area contributed by atoms with Gasteiger partial charge in [0.05, 0.1) is 12.0 Å². The second-order valence-electron chi connectivity index (χ2n) is 5.51. The lowest BCUT2D eigenvalue weighted by atomic mass is 10.2. The maximum absolute atomic E-state index is 5.41. The van der Waals surface area contributed by atoms with E-state index in [0.29, 0.717) is 17.5 Å². The standard InChI is InChI=1S/C17H15N5O2S2/c1-22-15(12-7-4-8-26-12)19-20-16(22)13(25)17-18-14(21-24-17)10-5-3-6-11(9-10)23-2/h3-9,13,25H,1-2H3. The second kappa shape index (κ2) is 6.93. The van der Waals surface area contributed by atoms with E-state index in [1.165, 1.54) is 0 Å². The first-order valence-corrected chi connectivity index (χ1v) is 9.16. The summed E-state index contributed by atoms with van der Waals surface area (Å²) >= 11 is 6.22. The lowest BCUT2D eigenvalue weighted by molar-refractivity contribution is 0.381. The number of thiol groups is 1. The molecule has 4 aromatic rings. The van der Waals surface area contributed by atoms with Crippen molar-refractivity contribution in [1.29, 1.82) is 0 Å². The molecule has 9 heteroatoms. The first-order valence-electron chi connectivity index (χ1n) is 7.76. The molecule has 7 nitrogen and oxygen atoms in total. The molecule has 132 valence electrons. The molecule has 0 N–H and O–H groups in total. The summed E-state index contributed by atoms with van der Waals surface area (Å²) in [5.41, 5.74) is 0.803. The van der Waals surface area contributed by atoms with E-state index in [-0.39, 0.29) is 0 Å². The molecule has 4 rings (SSSR count). The van der Waals surface area contributed by atoms with E-state index in [9.17, 15) is 0 Å². The van der Waals surface area contributed by atoms with Crippen molar-refractivity contribution in [3.63, 3.8) is 0 Å². The van der Waals surface area contributed by atoms with Crippen LogP contribution in [-0.4, -0.2) is 32.0 Å². The van der Waals surface area contributed by atoms with E-state index in [0.717, 1.165) is 22.0 Å². The van der Waals surface area contributed by atoms with Crippen LogP contribution >= 0.6 is 24.0 Å². The van der Waals surface area contributed by atoms with Crippen molar-refractivity contribution in [1.82, 2.24) is 24.9 Å². The van der Waals surface area contributed by atoms with E-state index in [4.69, 9.17) is 9.26 Å². The molecule has 1 unspecified atom stereocenters. The highest BCUT2D eigenvalue weighted by Gasteiger charge is 2.24. The van der Waals surface area contributed by atoms with Crippen LogP contribution < -0.4 is 4.74 Å². The molecular formula is C17H15N5O2S2. The molecule has 26 heavy (non-hydrogen) atoms. The van der Waals surface area contributed by atoms with Crippen LogP contribution in [-0.2, 0) is 7.05 Å². The maximum Gasteiger partial charge on any atom is 0.247 e. The van der Waals surface area contributed by atoms with Crippen LogP contribution in [0.5, 0.6) is 5.75 Å². The van der Waals surface area contributed by atoms with E-state index >= 15 is 0 Å². The molecule has 3 heterocycles. The van der Waals surface area contributed by atoms with Gasteiger partial charge in [-0.2, -0.15) is 17.6 Å². The fraction of sp³-hybridized carbons (Fsp3) is 0.176. The van der Waals surface area contributed by atoms with Gasteiger partial charge in [-0.25, -0.2) is 0 Å². The van der Waals surface area contributed by atoms with Crippen molar-refractivity contribution >= 4 is 24.0 Å². The summed E-state index contributed by atoms with van der Waals surface area (Å²) in [7, 11) is 3.51. The third kappa shape index (κ3) is 2.99. The van der Waals surface area contributed by atoms with Gasteiger partial charge in [0.1, 0.15) is 11.0 Å². The van der Waals surface area contributed by atoms with Gasteiger partial charge in [-0.1, -0.05) is 23.4 Å². The Hall–Kier alpha value is -2.65. The highest BCUT2D eigenvalue weighted by molar-refractivity contribution is 7.80. The summed E-state index contributed by atoms with van der Waals surface area (Å²) in [5.74, 6) is 2.97. The van der Waals surface area contributed by atoms with Gasteiger partial charge in [0, 0.05) is 12.6 Å². The smallest absolute Gasteiger partial charge is 0.247 e. The Kier molecular flexibility index (Phi) is 4.48. The van der Waals surface area contributed by atoms with Crippen molar-refractivity contribution in [3.05, 3.63) is 53.5 Å². The zero-order chi connectivity index (χ0) is 18.1. The first kappa shape index (κ1) is 16.8.